The van der Waals surface area contributed by atoms with E-state index in [1.54, 1.807) is 13.0 Å². The number of aliphatic carboxylic acids is 1. The Morgan fingerprint density at radius 3 is 2.75 bits per heavy atom. The first-order chi connectivity index (χ1) is 9.40. The first-order valence-electron chi connectivity index (χ1n) is 5.99. The number of fused-ring (bicyclic) bond motifs is 1. The van der Waals surface area contributed by atoms with Crippen molar-refractivity contribution in [3.05, 3.63) is 41.3 Å². The number of nitrogens with zero attached hydrogens (tertiary/aromatic N) is 1. The van der Waals surface area contributed by atoms with E-state index in [2.05, 4.69) is 10.3 Å². The number of carboxylic acids is 1. The number of hydrogen-bond donors (Lipinski definition) is 2. The summed E-state index contributed by atoms with van der Waals surface area (Å²) in [6, 6.07) is 4.79. The molecule has 0 saturated heterocycles. The summed E-state index contributed by atoms with van der Waals surface area (Å²) in [6.45, 7) is 3.00. The van der Waals surface area contributed by atoms with E-state index in [0.717, 1.165) is 0 Å². The van der Waals surface area contributed by atoms with Crippen LogP contribution in [-0.2, 0) is 4.79 Å². The highest BCUT2D eigenvalue weighted by Crippen LogP contribution is 2.21. The fourth-order valence-corrected chi connectivity index (χ4v) is 1.87. The molecule has 2 aromatic rings. The summed E-state index contributed by atoms with van der Waals surface area (Å²) >= 11 is 0. The predicted molar refractivity (Wildman–Crippen MR) is 71.0 cm³/mol. The molecule has 1 amide bonds. The number of halogens is 1. The summed E-state index contributed by atoms with van der Waals surface area (Å²) in [5.74, 6) is -2.23. The maximum absolute atomic E-state index is 13.7. The topological polar surface area (TPSA) is 79.3 Å². The minimum Gasteiger partial charge on any atom is -0.480 e. The summed E-state index contributed by atoms with van der Waals surface area (Å²) in [5.41, 5.74) is 0.788. The largest absolute Gasteiger partial charge is 0.480 e. The Morgan fingerprint density at radius 2 is 2.10 bits per heavy atom. The van der Waals surface area contributed by atoms with E-state index in [4.69, 9.17) is 5.11 Å². The smallest absolute Gasteiger partial charge is 0.325 e. The van der Waals surface area contributed by atoms with E-state index in [1.807, 2.05) is 0 Å². The lowest BCUT2D eigenvalue weighted by Crippen LogP contribution is -2.38. The van der Waals surface area contributed by atoms with Crippen LogP contribution in [0.25, 0.3) is 10.9 Å². The van der Waals surface area contributed by atoms with Gasteiger partial charge in [0.1, 0.15) is 17.4 Å². The lowest BCUT2D eigenvalue weighted by atomic mass is 10.1. The van der Waals surface area contributed by atoms with Crippen molar-refractivity contribution in [1.29, 1.82) is 0 Å². The van der Waals surface area contributed by atoms with Gasteiger partial charge in [0.05, 0.1) is 5.56 Å². The van der Waals surface area contributed by atoms with E-state index in [0.29, 0.717) is 11.1 Å². The van der Waals surface area contributed by atoms with Gasteiger partial charge >= 0.3 is 5.97 Å². The zero-order valence-electron chi connectivity index (χ0n) is 11.0. The number of hydrogen-bond acceptors (Lipinski definition) is 3. The molecule has 0 aliphatic rings. The summed E-state index contributed by atoms with van der Waals surface area (Å²) in [7, 11) is 0. The summed E-state index contributed by atoms with van der Waals surface area (Å²) in [6.07, 6.45) is 0. The van der Waals surface area contributed by atoms with E-state index in [9.17, 15) is 14.0 Å². The Morgan fingerprint density at radius 1 is 1.40 bits per heavy atom. The second-order valence-electron chi connectivity index (χ2n) is 4.48. The van der Waals surface area contributed by atoms with Crippen molar-refractivity contribution in [2.24, 2.45) is 0 Å². The molecule has 1 aromatic carbocycles. The number of aromatic nitrogens is 1. The van der Waals surface area contributed by atoms with Crippen LogP contribution >= 0.6 is 0 Å². The van der Waals surface area contributed by atoms with Crippen molar-refractivity contribution >= 4 is 22.8 Å². The van der Waals surface area contributed by atoms with E-state index >= 15 is 0 Å². The third-order valence-corrected chi connectivity index (χ3v) is 2.88. The van der Waals surface area contributed by atoms with Gasteiger partial charge in [-0.15, -0.1) is 0 Å². The van der Waals surface area contributed by atoms with Crippen LogP contribution in [0, 0.1) is 12.7 Å². The maximum atomic E-state index is 13.7. The molecule has 1 heterocycles. The number of carbonyl (C=O) groups excluding carboxylic acids is 1. The van der Waals surface area contributed by atoms with Crippen LogP contribution < -0.4 is 5.32 Å². The van der Waals surface area contributed by atoms with Gasteiger partial charge in [0.25, 0.3) is 5.91 Å². The zero-order valence-corrected chi connectivity index (χ0v) is 11.0. The third-order valence-electron chi connectivity index (χ3n) is 2.88. The summed E-state index contributed by atoms with van der Waals surface area (Å²) < 4.78 is 13.7. The van der Waals surface area contributed by atoms with Crippen LogP contribution in [0.1, 0.15) is 23.0 Å². The Hall–Kier alpha value is -2.50. The molecule has 0 aliphatic carbocycles. The van der Waals surface area contributed by atoms with Gasteiger partial charge in [-0.25, -0.2) is 9.37 Å². The predicted octanol–water partition coefficient (Wildman–Crippen LogP) is 1.89. The molecule has 0 aliphatic heterocycles. The SMILES string of the molecule is Cc1cc(C(=O)NC(C)C(=O)O)c2cccc(F)c2n1. The van der Waals surface area contributed by atoms with Crippen molar-refractivity contribution < 1.29 is 19.1 Å². The van der Waals surface area contributed by atoms with E-state index < -0.39 is 23.7 Å². The average molecular weight is 276 g/mol. The Bertz CT molecular complexity index is 700. The van der Waals surface area contributed by atoms with Gasteiger partial charge in [-0.05, 0) is 26.0 Å². The highest BCUT2D eigenvalue weighted by Gasteiger charge is 2.18. The van der Waals surface area contributed by atoms with Crippen molar-refractivity contribution in [1.82, 2.24) is 10.3 Å². The quantitative estimate of drug-likeness (QED) is 0.897. The molecule has 0 spiro atoms. The van der Waals surface area contributed by atoms with Crippen LogP contribution in [0.15, 0.2) is 24.3 Å². The molecule has 0 radical (unpaired) electrons. The summed E-state index contributed by atoms with van der Waals surface area (Å²) in [5, 5.41) is 11.5. The Labute approximate surface area is 114 Å². The molecule has 1 aromatic heterocycles. The van der Waals surface area contributed by atoms with Crippen LogP contribution in [0.4, 0.5) is 4.39 Å². The van der Waals surface area contributed by atoms with Gasteiger partial charge in [-0.3, -0.25) is 9.59 Å². The molecular formula is C14H13FN2O3. The van der Waals surface area contributed by atoms with Gasteiger partial charge in [0.15, 0.2) is 0 Å². The number of aryl methyl sites for hydroxylation is 1. The Balaban J connectivity index is 2.51. The zero-order chi connectivity index (χ0) is 14.9. The number of amides is 1. The molecule has 20 heavy (non-hydrogen) atoms. The fraction of sp³-hybridized carbons (Fsp3) is 0.214. The van der Waals surface area contributed by atoms with E-state index in [1.165, 1.54) is 25.1 Å². The fourth-order valence-electron chi connectivity index (χ4n) is 1.87. The molecule has 6 heteroatoms. The van der Waals surface area contributed by atoms with Gasteiger partial charge in [0, 0.05) is 11.1 Å². The van der Waals surface area contributed by atoms with Gasteiger partial charge < -0.3 is 10.4 Å². The van der Waals surface area contributed by atoms with Crippen LogP contribution in [0.3, 0.4) is 0 Å². The van der Waals surface area contributed by atoms with Crippen LogP contribution in [0.5, 0.6) is 0 Å². The minimum atomic E-state index is -1.14. The van der Waals surface area contributed by atoms with Crippen molar-refractivity contribution in [2.45, 2.75) is 19.9 Å². The standard InChI is InChI=1S/C14H13FN2O3/c1-7-6-10(13(18)17-8(2)14(19)20)9-4-3-5-11(15)12(9)16-7/h3-6,8H,1-2H3,(H,17,18)(H,19,20). The monoisotopic (exact) mass is 276 g/mol. The number of nitrogens with one attached hydrogen (secondary N) is 1. The van der Waals surface area contributed by atoms with Gasteiger partial charge in [-0.1, -0.05) is 12.1 Å². The second kappa shape index (κ2) is 5.24. The van der Waals surface area contributed by atoms with Crippen molar-refractivity contribution in [2.75, 3.05) is 0 Å². The number of pyridine rings is 1. The summed E-state index contributed by atoms with van der Waals surface area (Å²) in [4.78, 5) is 26.9. The Kier molecular flexibility index (Phi) is 3.65. The average Bonchev–Trinajstić information content (AvgIpc) is 2.38. The number of para-hydroxylation sites is 1. The molecule has 104 valence electrons. The molecule has 2 N–H and O–H groups in total. The van der Waals surface area contributed by atoms with Gasteiger partial charge in [-0.2, -0.15) is 0 Å². The highest BCUT2D eigenvalue weighted by atomic mass is 19.1. The van der Waals surface area contributed by atoms with Crippen molar-refractivity contribution in [3.8, 4) is 0 Å². The van der Waals surface area contributed by atoms with Crippen LogP contribution in [-0.4, -0.2) is 28.0 Å². The second-order valence-corrected chi connectivity index (χ2v) is 4.48. The molecule has 5 nitrogen and oxygen atoms in total. The number of carboxylic acid groups (broad SMARTS) is 1. The number of benzene rings is 1. The van der Waals surface area contributed by atoms with E-state index in [-0.39, 0.29) is 11.1 Å². The van der Waals surface area contributed by atoms with Crippen LogP contribution in [0.2, 0.25) is 0 Å². The minimum absolute atomic E-state index is 0.0978. The first kappa shape index (κ1) is 13.9. The normalized spacial score (nSPS) is 12.2. The molecule has 1 unspecified atom stereocenters. The molecule has 0 saturated carbocycles. The highest BCUT2D eigenvalue weighted by molar-refractivity contribution is 6.07. The van der Waals surface area contributed by atoms with Gasteiger partial charge in [0.2, 0.25) is 0 Å². The third kappa shape index (κ3) is 2.59. The number of carbonyl (C=O) groups is 2. The molecule has 0 fully saturated rings. The molecule has 2 rings (SSSR count). The van der Waals surface area contributed by atoms with Crippen molar-refractivity contribution in [3.63, 3.8) is 0 Å². The molecule has 1 atom stereocenters. The lowest BCUT2D eigenvalue weighted by Gasteiger charge is -2.12. The lowest BCUT2D eigenvalue weighted by molar-refractivity contribution is -0.138. The first-order valence-corrected chi connectivity index (χ1v) is 5.99. The number of rotatable bonds is 3. The maximum Gasteiger partial charge on any atom is 0.325 e. The molecule has 0 bridgehead atoms. The molecular weight excluding hydrogens is 263 g/mol.